The highest BCUT2D eigenvalue weighted by Gasteiger charge is 2.26. The molecule has 0 spiro atoms. The fourth-order valence-corrected chi connectivity index (χ4v) is 1.63. The van der Waals surface area contributed by atoms with Gasteiger partial charge in [0, 0.05) is 5.92 Å². The number of aliphatic hydroxyl groups is 3. The van der Waals surface area contributed by atoms with E-state index in [1.807, 2.05) is 25.1 Å². The summed E-state index contributed by atoms with van der Waals surface area (Å²) in [4.78, 5) is 0. The monoisotopic (exact) mass is 210 g/mol. The molecule has 0 fully saturated rings. The molecule has 0 heterocycles. The molecule has 3 atom stereocenters. The van der Waals surface area contributed by atoms with Gasteiger partial charge in [0.2, 0.25) is 0 Å². The van der Waals surface area contributed by atoms with Crippen molar-refractivity contribution in [2.45, 2.75) is 25.6 Å². The van der Waals surface area contributed by atoms with Crippen LogP contribution in [0.15, 0.2) is 30.3 Å². The molecular weight excluding hydrogens is 192 g/mol. The zero-order valence-corrected chi connectivity index (χ0v) is 8.87. The summed E-state index contributed by atoms with van der Waals surface area (Å²) in [6.07, 6.45) is -0.967. The smallest absolute Gasteiger partial charge is 0.0864 e. The van der Waals surface area contributed by atoms with Gasteiger partial charge in [-0.15, -0.1) is 0 Å². The maximum Gasteiger partial charge on any atom is 0.0864 e. The highest BCUT2D eigenvalue weighted by Crippen LogP contribution is 2.25. The molecule has 0 radical (unpaired) electrons. The molecule has 1 rings (SSSR count). The second kappa shape index (κ2) is 5.85. The third kappa shape index (κ3) is 3.02. The van der Waals surface area contributed by atoms with Crippen molar-refractivity contribution in [1.29, 1.82) is 0 Å². The van der Waals surface area contributed by atoms with Crippen molar-refractivity contribution < 1.29 is 15.3 Å². The van der Waals surface area contributed by atoms with Crippen molar-refractivity contribution >= 4 is 0 Å². The van der Waals surface area contributed by atoms with Crippen LogP contribution in [0.5, 0.6) is 0 Å². The van der Waals surface area contributed by atoms with Gasteiger partial charge in [-0.3, -0.25) is 0 Å². The lowest BCUT2D eigenvalue weighted by atomic mass is 9.90. The lowest BCUT2D eigenvalue weighted by Crippen LogP contribution is -2.29. The third-order valence-corrected chi connectivity index (χ3v) is 2.67. The van der Waals surface area contributed by atoms with Crippen LogP contribution in [-0.4, -0.2) is 28.0 Å². The molecule has 3 N–H and O–H groups in total. The van der Waals surface area contributed by atoms with E-state index in [2.05, 4.69) is 0 Å². The van der Waals surface area contributed by atoms with Crippen LogP contribution in [0.4, 0.5) is 0 Å². The van der Waals surface area contributed by atoms with Gasteiger partial charge in [-0.25, -0.2) is 0 Å². The lowest BCUT2D eigenvalue weighted by Gasteiger charge is -2.25. The van der Waals surface area contributed by atoms with E-state index in [0.717, 1.165) is 5.56 Å². The predicted molar refractivity (Wildman–Crippen MR) is 58.3 cm³/mol. The molecule has 0 aromatic heterocycles. The van der Waals surface area contributed by atoms with Gasteiger partial charge in [0.15, 0.2) is 0 Å². The van der Waals surface area contributed by atoms with Gasteiger partial charge in [0.25, 0.3) is 0 Å². The van der Waals surface area contributed by atoms with Crippen LogP contribution in [-0.2, 0) is 0 Å². The van der Waals surface area contributed by atoms with Gasteiger partial charge in [-0.05, 0) is 12.0 Å². The predicted octanol–water partition coefficient (Wildman–Crippen LogP) is 1.10. The van der Waals surface area contributed by atoms with Gasteiger partial charge < -0.3 is 15.3 Å². The van der Waals surface area contributed by atoms with E-state index in [9.17, 15) is 10.2 Å². The SMILES string of the molecule is CC[C@H](O)[C@H](CO)[C@H](O)c1ccccc1. The summed E-state index contributed by atoms with van der Waals surface area (Å²) < 4.78 is 0. The maximum absolute atomic E-state index is 9.96. The Balaban J connectivity index is 2.77. The van der Waals surface area contributed by atoms with Crippen LogP contribution in [0.25, 0.3) is 0 Å². The quantitative estimate of drug-likeness (QED) is 0.682. The largest absolute Gasteiger partial charge is 0.396 e. The first kappa shape index (κ1) is 12.2. The Morgan fingerprint density at radius 3 is 2.20 bits per heavy atom. The molecule has 1 aromatic carbocycles. The Morgan fingerprint density at radius 2 is 1.73 bits per heavy atom. The minimum Gasteiger partial charge on any atom is -0.396 e. The fraction of sp³-hybridized carbons (Fsp3) is 0.500. The van der Waals surface area contributed by atoms with Crippen molar-refractivity contribution in [2.75, 3.05) is 6.61 Å². The Kier molecular flexibility index (Phi) is 4.75. The van der Waals surface area contributed by atoms with Crippen LogP contribution in [0, 0.1) is 5.92 Å². The zero-order valence-electron chi connectivity index (χ0n) is 8.87. The summed E-state index contributed by atoms with van der Waals surface area (Å²) in [5, 5.41) is 28.7. The molecule has 0 unspecified atom stereocenters. The Labute approximate surface area is 90.0 Å². The minimum atomic E-state index is -0.814. The molecule has 0 amide bonds. The van der Waals surface area contributed by atoms with E-state index in [1.165, 1.54) is 0 Å². The first-order valence-electron chi connectivity index (χ1n) is 5.22. The van der Waals surface area contributed by atoms with Crippen LogP contribution < -0.4 is 0 Å². The van der Waals surface area contributed by atoms with E-state index in [1.54, 1.807) is 12.1 Å². The summed E-state index contributed by atoms with van der Waals surface area (Å²) in [6.45, 7) is 1.61. The van der Waals surface area contributed by atoms with E-state index in [0.29, 0.717) is 6.42 Å². The molecule has 1 aromatic rings. The van der Waals surface area contributed by atoms with E-state index in [-0.39, 0.29) is 6.61 Å². The number of hydrogen-bond acceptors (Lipinski definition) is 3. The van der Waals surface area contributed by atoms with Crippen LogP contribution in [0.2, 0.25) is 0 Å². The van der Waals surface area contributed by atoms with Gasteiger partial charge in [0.1, 0.15) is 0 Å². The minimum absolute atomic E-state index is 0.217. The highest BCUT2D eigenvalue weighted by molar-refractivity contribution is 5.18. The summed E-state index contributed by atoms with van der Waals surface area (Å²) in [5.41, 5.74) is 0.726. The molecule has 84 valence electrons. The Bertz CT molecular complexity index is 273. The van der Waals surface area contributed by atoms with Gasteiger partial charge in [-0.1, -0.05) is 37.3 Å². The molecule has 0 aliphatic rings. The maximum atomic E-state index is 9.96. The van der Waals surface area contributed by atoms with Crippen LogP contribution >= 0.6 is 0 Å². The van der Waals surface area contributed by atoms with Crippen molar-refractivity contribution in [3.63, 3.8) is 0 Å². The molecule has 0 bridgehead atoms. The number of aliphatic hydroxyl groups excluding tert-OH is 3. The molecule has 3 heteroatoms. The van der Waals surface area contributed by atoms with Crippen LogP contribution in [0.1, 0.15) is 25.0 Å². The first-order chi connectivity index (χ1) is 7.20. The number of hydrogen-bond donors (Lipinski definition) is 3. The molecule has 0 saturated carbocycles. The first-order valence-corrected chi connectivity index (χ1v) is 5.22. The Hall–Kier alpha value is -0.900. The van der Waals surface area contributed by atoms with Crippen molar-refractivity contribution in [3.8, 4) is 0 Å². The second-order valence-corrected chi connectivity index (χ2v) is 3.68. The van der Waals surface area contributed by atoms with Crippen LogP contribution in [0.3, 0.4) is 0 Å². The van der Waals surface area contributed by atoms with E-state index < -0.39 is 18.1 Å². The van der Waals surface area contributed by atoms with Gasteiger partial charge in [0.05, 0.1) is 18.8 Å². The average molecular weight is 210 g/mol. The summed E-state index contributed by atoms with van der Waals surface area (Å²) in [7, 11) is 0. The zero-order chi connectivity index (χ0) is 11.3. The van der Waals surface area contributed by atoms with E-state index >= 15 is 0 Å². The molecule has 0 aliphatic carbocycles. The molecule has 15 heavy (non-hydrogen) atoms. The third-order valence-electron chi connectivity index (χ3n) is 2.67. The molecule has 0 saturated heterocycles. The highest BCUT2D eigenvalue weighted by atomic mass is 16.3. The molecular formula is C12H18O3. The summed E-state index contributed by atoms with van der Waals surface area (Å²) in [5.74, 6) is -0.516. The van der Waals surface area contributed by atoms with Gasteiger partial charge in [-0.2, -0.15) is 0 Å². The summed E-state index contributed by atoms with van der Waals surface area (Å²) >= 11 is 0. The van der Waals surface area contributed by atoms with E-state index in [4.69, 9.17) is 5.11 Å². The van der Waals surface area contributed by atoms with Crippen molar-refractivity contribution in [1.82, 2.24) is 0 Å². The number of rotatable bonds is 5. The summed E-state index contributed by atoms with van der Waals surface area (Å²) in [6, 6.07) is 9.09. The van der Waals surface area contributed by atoms with Gasteiger partial charge >= 0.3 is 0 Å². The van der Waals surface area contributed by atoms with Crippen molar-refractivity contribution in [3.05, 3.63) is 35.9 Å². The fourth-order valence-electron chi connectivity index (χ4n) is 1.63. The Morgan fingerprint density at radius 1 is 1.13 bits per heavy atom. The van der Waals surface area contributed by atoms with Crippen molar-refractivity contribution in [2.24, 2.45) is 5.92 Å². The number of benzene rings is 1. The second-order valence-electron chi connectivity index (χ2n) is 3.68. The molecule has 0 aliphatic heterocycles. The molecule has 3 nitrogen and oxygen atoms in total. The standard InChI is InChI=1S/C12H18O3/c1-2-11(14)10(8-13)12(15)9-6-4-3-5-7-9/h3-7,10-15H,2,8H2,1H3/t10-,11-,12+/m0/s1. The lowest BCUT2D eigenvalue weighted by molar-refractivity contribution is -0.0191. The normalized spacial score (nSPS) is 17.1. The average Bonchev–Trinajstić information content (AvgIpc) is 2.30. The topological polar surface area (TPSA) is 60.7 Å².